The Hall–Kier alpha value is -1.22. The van der Waals surface area contributed by atoms with Crippen molar-refractivity contribution in [3.8, 4) is 0 Å². The van der Waals surface area contributed by atoms with E-state index in [4.69, 9.17) is 18.9 Å². The Bertz CT molecular complexity index is 983. The zero-order valence-electron chi connectivity index (χ0n) is 22.9. The fourth-order valence-electron chi connectivity index (χ4n) is 9.16. The molecular formula is C30H44O8. The van der Waals surface area contributed by atoms with Gasteiger partial charge in [-0.15, -0.1) is 0 Å². The maximum Gasteiger partial charge on any atom is 0.310 e. The van der Waals surface area contributed by atoms with Crippen molar-refractivity contribution in [1.29, 1.82) is 0 Å². The minimum absolute atomic E-state index is 0.0955. The highest BCUT2D eigenvalue weighted by Crippen LogP contribution is 2.78. The lowest BCUT2D eigenvalue weighted by molar-refractivity contribution is -0.158. The summed E-state index contributed by atoms with van der Waals surface area (Å²) in [6, 6.07) is 0. The third kappa shape index (κ3) is 4.15. The number of fused-ring (bicyclic) bond motifs is 2. The molecule has 38 heavy (non-hydrogen) atoms. The number of carboxylic acids is 2. The summed E-state index contributed by atoms with van der Waals surface area (Å²) in [6.07, 6.45) is 15.5. The predicted molar refractivity (Wildman–Crippen MR) is 135 cm³/mol. The second-order valence-corrected chi connectivity index (χ2v) is 14.3. The minimum atomic E-state index is -0.697. The van der Waals surface area contributed by atoms with Crippen molar-refractivity contribution < 1.29 is 38.7 Å². The quantitative estimate of drug-likeness (QED) is 0.452. The van der Waals surface area contributed by atoms with Crippen LogP contribution in [0.5, 0.6) is 0 Å². The van der Waals surface area contributed by atoms with Gasteiger partial charge in [0.25, 0.3) is 0 Å². The highest BCUT2D eigenvalue weighted by atomic mass is 17.0. The molecule has 212 valence electrons. The van der Waals surface area contributed by atoms with Crippen LogP contribution in [0.25, 0.3) is 0 Å². The van der Waals surface area contributed by atoms with Crippen molar-refractivity contribution in [1.82, 2.24) is 0 Å². The van der Waals surface area contributed by atoms with Crippen molar-refractivity contribution in [2.24, 2.45) is 34.5 Å². The van der Waals surface area contributed by atoms with Gasteiger partial charge in [0.1, 0.15) is 0 Å². The molecule has 0 aromatic rings. The van der Waals surface area contributed by atoms with Gasteiger partial charge in [0.05, 0.1) is 35.2 Å². The van der Waals surface area contributed by atoms with Gasteiger partial charge in [-0.3, -0.25) is 9.59 Å². The second kappa shape index (κ2) is 8.64. The lowest BCUT2D eigenvalue weighted by Crippen LogP contribution is -2.45. The van der Waals surface area contributed by atoms with Gasteiger partial charge in [0.15, 0.2) is 0 Å². The van der Waals surface area contributed by atoms with E-state index in [0.717, 1.165) is 70.6 Å². The fourth-order valence-corrected chi connectivity index (χ4v) is 9.16. The summed E-state index contributed by atoms with van der Waals surface area (Å²) >= 11 is 0. The number of ether oxygens (including phenoxy) is 4. The van der Waals surface area contributed by atoms with E-state index in [9.17, 15) is 19.8 Å². The van der Waals surface area contributed by atoms with Crippen LogP contribution < -0.4 is 0 Å². The highest BCUT2D eigenvalue weighted by Gasteiger charge is 2.94. The topological polar surface area (TPSA) is 125 Å². The van der Waals surface area contributed by atoms with Crippen molar-refractivity contribution in [2.75, 3.05) is 0 Å². The Kier molecular flexibility index (Phi) is 5.85. The van der Waals surface area contributed by atoms with Crippen LogP contribution in [-0.2, 0) is 28.5 Å². The average Bonchev–Trinajstić information content (AvgIpc) is 3.72. The normalized spacial score (nSPS) is 52.5. The number of carboxylic acid groups (broad SMARTS) is 2. The van der Waals surface area contributed by atoms with Crippen LogP contribution >= 0.6 is 0 Å². The van der Waals surface area contributed by atoms with Crippen LogP contribution in [0.2, 0.25) is 0 Å². The van der Waals surface area contributed by atoms with Gasteiger partial charge in [-0.05, 0) is 81.5 Å². The molecule has 4 aliphatic carbocycles. The molecule has 0 radical (unpaired) electrons. The van der Waals surface area contributed by atoms with Gasteiger partial charge in [0.2, 0.25) is 11.6 Å². The van der Waals surface area contributed by atoms with E-state index < -0.39 is 34.3 Å². The number of rotatable bonds is 6. The second-order valence-electron chi connectivity index (χ2n) is 14.3. The van der Waals surface area contributed by atoms with E-state index in [1.807, 2.05) is 0 Å². The van der Waals surface area contributed by atoms with Gasteiger partial charge >= 0.3 is 11.9 Å². The van der Waals surface area contributed by atoms with Gasteiger partial charge in [-0.1, -0.05) is 33.1 Å². The van der Waals surface area contributed by atoms with E-state index in [1.165, 1.54) is 12.8 Å². The maximum absolute atomic E-state index is 12.1. The van der Waals surface area contributed by atoms with Crippen LogP contribution in [0.3, 0.4) is 0 Å². The number of carbonyl (C=O) groups is 2. The molecule has 0 amide bonds. The SMILES string of the molecule is CC1CC2OC2CC1CC1(C(=O)O)CC23OC2(CC1C)O3.O=C(O)C1(CC2CCC3OC3C2)CCCCC1. The Morgan fingerprint density at radius 2 is 1.47 bits per heavy atom. The average molecular weight is 533 g/mol. The summed E-state index contributed by atoms with van der Waals surface area (Å²) in [4.78, 5) is 23.7. The largest absolute Gasteiger partial charge is 0.481 e. The highest BCUT2D eigenvalue weighted by molar-refractivity contribution is 5.76. The van der Waals surface area contributed by atoms with Gasteiger partial charge in [0, 0.05) is 12.8 Å². The van der Waals surface area contributed by atoms with E-state index in [-0.39, 0.29) is 5.92 Å². The number of hydrogen-bond acceptors (Lipinski definition) is 6. The molecule has 8 heteroatoms. The van der Waals surface area contributed by atoms with E-state index >= 15 is 0 Å². The van der Waals surface area contributed by atoms with E-state index in [2.05, 4.69) is 13.8 Å². The van der Waals surface area contributed by atoms with E-state index in [1.54, 1.807) is 0 Å². The number of epoxide rings is 4. The lowest BCUT2D eigenvalue weighted by atomic mass is 9.60. The number of hydrogen-bond donors (Lipinski definition) is 2. The molecule has 0 aromatic heterocycles. The fraction of sp³-hybridized carbons (Fsp3) is 0.933. The molecular weight excluding hydrogens is 488 g/mol. The van der Waals surface area contributed by atoms with Gasteiger partial charge in [-0.2, -0.15) is 0 Å². The minimum Gasteiger partial charge on any atom is -0.481 e. The molecule has 4 heterocycles. The van der Waals surface area contributed by atoms with Crippen molar-refractivity contribution in [2.45, 2.75) is 140 Å². The molecule has 0 aromatic carbocycles. The standard InChI is InChI=1S/C16H22O5.C14H22O3/c1-8-3-11-12(19-11)4-10(8)6-14(13(17)18)7-16-15(20-16,21-16)5-9(14)2;15-13(16)14(6-2-1-3-7-14)9-10-4-5-11-12(8-10)17-11/h8-12H,3-7H2,1-2H3,(H,17,18);10-12H,1-9H2,(H,15,16). The van der Waals surface area contributed by atoms with Crippen LogP contribution in [0.4, 0.5) is 0 Å². The van der Waals surface area contributed by atoms with Gasteiger partial charge in [-0.25, -0.2) is 0 Å². The third-order valence-corrected chi connectivity index (χ3v) is 12.0. The predicted octanol–water partition coefficient (Wildman–Crippen LogP) is 5.12. The molecule has 8 fully saturated rings. The first-order chi connectivity index (χ1) is 18.1. The zero-order valence-corrected chi connectivity index (χ0v) is 22.9. The molecule has 9 unspecified atom stereocenters. The molecule has 2 N–H and O–H groups in total. The molecule has 0 bridgehead atoms. The first-order valence-electron chi connectivity index (χ1n) is 15.3. The molecule has 9 atom stereocenters. The molecule has 4 aliphatic heterocycles. The van der Waals surface area contributed by atoms with Crippen LogP contribution in [-0.4, -0.2) is 58.1 Å². The molecule has 8 nitrogen and oxygen atoms in total. The lowest BCUT2D eigenvalue weighted by Gasteiger charge is -2.40. The van der Waals surface area contributed by atoms with Crippen LogP contribution in [0.1, 0.15) is 104 Å². The van der Waals surface area contributed by atoms with Crippen molar-refractivity contribution in [3.63, 3.8) is 0 Å². The van der Waals surface area contributed by atoms with Crippen molar-refractivity contribution in [3.05, 3.63) is 0 Å². The summed E-state index contributed by atoms with van der Waals surface area (Å²) in [5.74, 6) is -0.477. The van der Waals surface area contributed by atoms with Crippen LogP contribution in [0, 0.1) is 34.5 Å². The first kappa shape index (κ1) is 25.7. The Balaban J connectivity index is 0.000000131. The maximum atomic E-state index is 12.1. The summed E-state index contributed by atoms with van der Waals surface area (Å²) in [7, 11) is 0. The van der Waals surface area contributed by atoms with Crippen LogP contribution in [0.15, 0.2) is 0 Å². The Morgan fingerprint density at radius 1 is 0.789 bits per heavy atom. The summed E-state index contributed by atoms with van der Waals surface area (Å²) in [5.41, 5.74) is -1.10. The molecule has 4 saturated heterocycles. The monoisotopic (exact) mass is 532 g/mol. The molecule has 8 rings (SSSR count). The third-order valence-electron chi connectivity index (χ3n) is 12.0. The van der Waals surface area contributed by atoms with E-state index in [0.29, 0.717) is 48.6 Å². The molecule has 0 spiro atoms. The number of aliphatic carboxylic acids is 2. The Morgan fingerprint density at radius 3 is 2.16 bits per heavy atom. The summed E-state index contributed by atoms with van der Waals surface area (Å²) in [6.45, 7) is 4.30. The Labute approximate surface area is 225 Å². The van der Waals surface area contributed by atoms with Gasteiger partial charge < -0.3 is 29.2 Å². The first-order valence-corrected chi connectivity index (χ1v) is 15.3. The molecule has 4 saturated carbocycles. The summed E-state index contributed by atoms with van der Waals surface area (Å²) in [5, 5.41) is 19.5. The summed E-state index contributed by atoms with van der Waals surface area (Å²) < 4.78 is 22.5. The smallest absolute Gasteiger partial charge is 0.310 e. The zero-order chi connectivity index (χ0) is 26.5. The molecule has 8 aliphatic rings. The van der Waals surface area contributed by atoms with Crippen molar-refractivity contribution >= 4 is 11.9 Å².